The van der Waals surface area contributed by atoms with Crippen LogP contribution in [0.25, 0.3) is 0 Å². The third kappa shape index (κ3) is 2.92. The van der Waals surface area contributed by atoms with Crippen molar-refractivity contribution in [1.29, 1.82) is 0 Å². The second kappa shape index (κ2) is 4.95. The fourth-order valence-electron chi connectivity index (χ4n) is 3.59. The van der Waals surface area contributed by atoms with Gasteiger partial charge in [0.05, 0.1) is 11.2 Å². The van der Waals surface area contributed by atoms with Gasteiger partial charge in [0.1, 0.15) is 5.82 Å². The summed E-state index contributed by atoms with van der Waals surface area (Å²) in [5.41, 5.74) is -2.40. The summed E-state index contributed by atoms with van der Waals surface area (Å²) in [6.45, 7) is 0. The quantitative estimate of drug-likeness (QED) is 0.780. The molecule has 3 rings (SSSR count). The van der Waals surface area contributed by atoms with Crippen molar-refractivity contribution in [2.24, 2.45) is 0 Å². The predicted molar refractivity (Wildman–Crippen MR) is 69.1 cm³/mol. The summed E-state index contributed by atoms with van der Waals surface area (Å²) in [6, 6.07) is 2.54. The van der Waals surface area contributed by atoms with Crippen LogP contribution in [0.4, 0.5) is 17.6 Å². The molecule has 2 aliphatic heterocycles. The van der Waals surface area contributed by atoms with Crippen LogP contribution in [-0.4, -0.2) is 17.2 Å². The number of nitrogens with one attached hydrogen (secondary N) is 1. The number of alkyl halides is 3. The van der Waals surface area contributed by atoms with Crippen LogP contribution in [0.5, 0.6) is 0 Å². The van der Waals surface area contributed by atoms with Crippen LogP contribution in [0.1, 0.15) is 43.2 Å². The van der Waals surface area contributed by atoms with Crippen molar-refractivity contribution in [3.8, 4) is 0 Å². The summed E-state index contributed by atoms with van der Waals surface area (Å²) in [5.74, 6) is -0.961. The van der Waals surface area contributed by atoms with Gasteiger partial charge in [0.2, 0.25) is 0 Å². The number of fused-ring (bicyclic) bond motifs is 2. The first kappa shape index (κ1) is 14.8. The Labute approximate surface area is 120 Å². The van der Waals surface area contributed by atoms with Crippen molar-refractivity contribution < 1.29 is 22.7 Å². The SMILES string of the molecule is OC1(c2cc(F)cc(C(F)(F)F)c2)CC2CCCC(C1)N2. The summed E-state index contributed by atoms with van der Waals surface area (Å²) >= 11 is 0. The second-order valence-corrected chi connectivity index (χ2v) is 6.16. The predicted octanol–water partition coefficient (Wildman–Crippen LogP) is 3.34. The van der Waals surface area contributed by atoms with Crippen LogP contribution < -0.4 is 5.32 Å². The first-order chi connectivity index (χ1) is 9.76. The Hall–Kier alpha value is -1.14. The zero-order valence-electron chi connectivity index (χ0n) is 11.4. The summed E-state index contributed by atoms with van der Waals surface area (Å²) < 4.78 is 52.0. The number of halogens is 4. The van der Waals surface area contributed by atoms with E-state index in [9.17, 15) is 22.7 Å². The van der Waals surface area contributed by atoms with Crippen LogP contribution in [0, 0.1) is 5.82 Å². The molecule has 2 fully saturated rings. The number of aliphatic hydroxyl groups is 1. The molecule has 1 aromatic rings. The highest BCUT2D eigenvalue weighted by atomic mass is 19.4. The fourth-order valence-corrected chi connectivity index (χ4v) is 3.59. The third-order valence-electron chi connectivity index (χ3n) is 4.51. The maximum absolute atomic E-state index is 13.5. The lowest BCUT2D eigenvalue weighted by Gasteiger charge is -2.45. The first-order valence-electron chi connectivity index (χ1n) is 7.13. The van der Waals surface area contributed by atoms with Gasteiger partial charge in [-0.3, -0.25) is 0 Å². The van der Waals surface area contributed by atoms with E-state index in [1.807, 2.05) is 0 Å². The van der Waals surface area contributed by atoms with E-state index in [0.717, 1.165) is 31.4 Å². The number of hydrogen-bond acceptors (Lipinski definition) is 2. The summed E-state index contributed by atoms with van der Waals surface area (Å²) in [6.07, 6.45) is -1.14. The van der Waals surface area contributed by atoms with Crippen molar-refractivity contribution in [1.82, 2.24) is 5.32 Å². The number of benzene rings is 1. The molecular weight excluding hydrogens is 286 g/mol. The maximum atomic E-state index is 13.5. The molecule has 21 heavy (non-hydrogen) atoms. The first-order valence-corrected chi connectivity index (χ1v) is 7.13. The highest BCUT2D eigenvalue weighted by molar-refractivity contribution is 5.32. The molecule has 2 saturated heterocycles. The molecule has 0 saturated carbocycles. The lowest BCUT2D eigenvalue weighted by molar-refractivity contribution is -0.138. The average Bonchev–Trinajstić information content (AvgIpc) is 2.36. The zero-order valence-corrected chi connectivity index (χ0v) is 11.4. The lowest BCUT2D eigenvalue weighted by atomic mass is 9.73. The molecule has 0 aliphatic carbocycles. The minimum atomic E-state index is -4.62. The van der Waals surface area contributed by atoms with Gasteiger partial charge in [0.15, 0.2) is 0 Å². The Bertz CT molecular complexity index is 531. The molecule has 116 valence electrons. The van der Waals surface area contributed by atoms with Crippen LogP contribution in [0.3, 0.4) is 0 Å². The normalized spacial score (nSPS) is 33.0. The topological polar surface area (TPSA) is 32.3 Å². The Balaban J connectivity index is 1.97. The Kier molecular flexibility index (Phi) is 3.48. The highest BCUT2D eigenvalue weighted by Crippen LogP contribution is 2.41. The van der Waals surface area contributed by atoms with Gasteiger partial charge >= 0.3 is 6.18 Å². The second-order valence-electron chi connectivity index (χ2n) is 6.16. The molecule has 2 N–H and O–H groups in total. The number of hydrogen-bond donors (Lipinski definition) is 2. The third-order valence-corrected chi connectivity index (χ3v) is 4.51. The van der Waals surface area contributed by atoms with Crippen LogP contribution in [0.15, 0.2) is 18.2 Å². The van der Waals surface area contributed by atoms with Gasteiger partial charge in [-0.2, -0.15) is 13.2 Å². The largest absolute Gasteiger partial charge is 0.416 e. The molecule has 1 aromatic carbocycles. The Morgan fingerprint density at radius 3 is 2.29 bits per heavy atom. The van der Waals surface area contributed by atoms with Gasteiger partial charge in [-0.15, -0.1) is 0 Å². The van der Waals surface area contributed by atoms with Gasteiger partial charge in [0.25, 0.3) is 0 Å². The van der Waals surface area contributed by atoms with Crippen molar-refractivity contribution in [2.75, 3.05) is 0 Å². The Morgan fingerprint density at radius 2 is 1.71 bits per heavy atom. The molecule has 2 heterocycles. The van der Waals surface area contributed by atoms with Crippen LogP contribution in [0.2, 0.25) is 0 Å². The van der Waals surface area contributed by atoms with Crippen LogP contribution in [-0.2, 0) is 11.8 Å². The highest BCUT2D eigenvalue weighted by Gasteiger charge is 2.43. The lowest BCUT2D eigenvalue weighted by Crippen LogP contribution is -2.54. The molecule has 2 nitrogen and oxygen atoms in total. The standard InChI is InChI=1S/C15H17F4NO/c16-11-5-9(4-10(6-11)15(17,18)19)14(21)7-12-2-1-3-13(8-14)20-12/h4-6,12-13,20-21H,1-3,7-8H2. The summed E-state index contributed by atoms with van der Waals surface area (Å²) in [4.78, 5) is 0. The van der Waals surface area contributed by atoms with E-state index >= 15 is 0 Å². The van der Waals surface area contributed by atoms with E-state index in [1.54, 1.807) is 0 Å². The minimum Gasteiger partial charge on any atom is -0.385 e. The Morgan fingerprint density at radius 1 is 1.10 bits per heavy atom. The van der Waals surface area contributed by atoms with Crippen molar-refractivity contribution in [2.45, 2.75) is 56.0 Å². The van der Waals surface area contributed by atoms with Crippen molar-refractivity contribution >= 4 is 0 Å². The molecule has 0 aromatic heterocycles. The van der Waals surface area contributed by atoms with Gasteiger partial charge < -0.3 is 10.4 Å². The van der Waals surface area contributed by atoms with Gasteiger partial charge in [-0.25, -0.2) is 4.39 Å². The summed E-state index contributed by atoms with van der Waals surface area (Å²) in [5, 5.41) is 14.2. The van der Waals surface area contributed by atoms with Crippen molar-refractivity contribution in [3.05, 3.63) is 35.1 Å². The monoisotopic (exact) mass is 303 g/mol. The van der Waals surface area contributed by atoms with Gasteiger partial charge in [0, 0.05) is 12.1 Å². The number of rotatable bonds is 1. The molecule has 0 radical (unpaired) electrons. The van der Waals surface area contributed by atoms with Gasteiger partial charge in [-0.1, -0.05) is 6.42 Å². The molecule has 2 unspecified atom stereocenters. The molecule has 0 amide bonds. The minimum absolute atomic E-state index is 0.0354. The molecule has 0 spiro atoms. The molecule has 2 aliphatic rings. The molecule has 2 bridgehead atoms. The number of piperidine rings is 2. The molecular formula is C15H17F4NO. The van der Waals surface area contributed by atoms with E-state index in [-0.39, 0.29) is 17.6 Å². The van der Waals surface area contributed by atoms with E-state index in [1.165, 1.54) is 0 Å². The summed E-state index contributed by atoms with van der Waals surface area (Å²) in [7, 11) is 0. The molecule has 6 heteroatoms. The smallest absolute Gasteiger partial charge is 0.385 e. The fraction of sp³-hybridized carbons (Fsp3) is 0.600. The van der Waals surface area contributed by atoms with E-state index in [0.29, 0.717) is 18.9 Å². The van der Waals surface area contributed by atoms with E-state index in [2.05, 4.69) is 5.32 Å². The zero-order chi connectivity index (χ0) is 15.3. The maximum Gasteiger partial charge on any atom is 0.416 e. The molecule has 2 atom stereocenters. The van der Waals surface area contributed by atoms with E-state index in [4.69, 9.17) is 0 Å². The average molecular weight is 303 g/mol. The van der Waals surface area contributed by atoms with Crippen LogP contribution >= 0.6 is 0 Å². The van der Waals surface area contributed by atoms with E-state index < -0.39 is 23.2 Å². The van der Waals surface area contributed by atoms with Crippen molar-refractivity contribution in [3.63, 3.8) is 0 Å². The van der Waals surface area contributed by atoms with Gasteiger partial charge in [-0.05, 0) is 49.4 Å².